The van der Waals surface area contributed by atoms with Crippen LogP contribution in [0.5, 0.6) is 0 Å². The van der Waals surface area contributed by atoms with E-state index in [1.165, 1.54) is 27.7 Å². The van der Waals surface area contributed by atoms with Crippen molar-refractivity contribution >= 4 is 82.6 Å². The summed E-state index contributed by atoms with van der Waals surface area (Å²) in [7, 11) is 0. The number of hydrogen-bond donors (Lipinski definition) is 0. The highest BCUT2D eigenvalue weighted by Crippen LogP contribution is 2.42. The zero-order valence-electron chi connectivity index (χ0n) is 19.3. The second-order valence-electron chi connectivity index (χ2n) is 6.08. The van der Waals surface area contributed by atoms with E-state index in [-0.39, 0.29) is 36.2 Å². The maximum absolute atomic E-state index is 13.1. The third-order valence-electron chi connectivity index (χ3n) is 3.90. The van der Waals surface area contributed by atoms with E-state index in [4.69, 9.17) is 65.4 Å². The molecule has 0 aliphatic rings. The standard InChI is InChI=1S/C20H20Cl4N2O10/c1-5-33-17(29)25(18(30)34-6-2)15(27)9-11(21)13(23)10(14(24)12(9)22)16(28)26(19(31)35-7-3)20(32)36-8-4/h5-8H2,1-4H3. The Morgan fingerprint density at radius 3 is 0.861 bits per heavy atom. The number of carbonyl (C=O) groups excluding carboxylic acids is 6. The number of nitrogens with zero attached hydrogens (tertiary/aromatic N) is 2. The number of ether oxygens (including phenoxy) is 4. The third kappa shape index (κ3) is 6.69. The van der Waals surface area contributed by atoms with Crippen LogP contribution in [0.2, 0.25) is 20.1 Å². The number of benzene rings is 1. The smallest absolute Gasteiger partial charge is 0.426 e. The summed E-state index contributed by atoms with van der Waals surface area (Å²) in [6.07, 6.45) is -5.68. The van der Waals surface area contributed by atoms with E-state index >= 15 is 0 Å². The Kier molecular flexibility index (Phi) is 12.2. The number of amides is 6. The molecule has 0 saturated carbocycles. The topological polar surface area (TPSA) is 146 Å². The summed E-state index contributed by atoms with van der Waals surface area (Å²) >= 11 is 24.7. The Bertz CT molecular complexity index is 931. The Morgan fingerprint density at radius 1 is 0.500 bits per heavy atom. The molecule has 0 atom stereocenters. The second kappa shape index (κ2) is 14.1. The van der Waals surface area contributed by atoms with Crippen molar-refractivity contribution < 1.29 is 47.7 Å². The van der Waals surface area contributed by atoms with Gasteiger partial charge in [0.05, 0.1) is 57.6 Å². The van der Waals surface area contributed by atoms with Gasteiger partial charge in [0.1, 0.15) is 0 Å². The maximum atomic E-state index is 13.1. The van der Waals surface area contributed by atoms with Crippen LogP contribution in [0.25, 0.3) is 0 Å². The number of carbonyl (C=O) groups is 6. The Morgan fingerprint density at radius 2 is 0.694 bits per heavy atom. The van der Waals surface area contributed by atoms with Gasteiger partial charge in [0.2, 0.25) is 0 Å². The molecule has 1 aromatic rings. The molecule has 16 heteroatoms. The molecule has 0 unspecified atom stereocenters. The summed E-state index contributed by atoms with van der Waals surface area (Å²) in [6.45, 7) is 4.81. The first-order chi connectivity index (χ1) is 16.9. The Labute approximate surface area is 225 Å². The van der Waals surface area contributed by atoms with Gasteiger partial charge < -0.3 is 18.9 Å². The van der Waals surface area contributed by atoms with Crippen molar-refractivity contribution in [3.05, 3.63) is 31.2 Å². The van der Waals surface area contributed by atoms with Crippen LogP contribution in [-0.4, -0.2) is 72.4 Å². The highest BCUT2D eigenvalue weighted by Gasteiger charge is 2.40. The molecule has 1 aromatic carbocycles. The predicted molar refractivity (Wildman–Crippen MR) is 127 cm³/mol. The summed E-state index contributed by atoms with van der Waals surface area (Å²) in [5, 5.41) is -2.98. The lowest BCUT2D eigenvalue weighted by atomic mass is 10.1. The van der Waals surface area contributed by atoms with Gasteiger partial charge in [0.25, 0.3) is 11.8 Å². The van der Waals surface area contributed by atoms with E-state index in [0.717, 1.165) is 0 Å². The van der Waals surface area contributed by atoms with Crippen LogP contribution in [0.15, 0.2) is 0 Å². The zero-order chi connectivity index (χ0) is 27.7. The molecule has 0 spiro atoms. The number of rotatable bonds is 6. The zero-order valence-corrected chi connectivity index (χ0v) is 22.3. The van der Waals surface area contributed by atoms with Gasteiger partial charge in [-0.05, 0) is 27.7 Å². The molecule has 0 bridgehead atoms. The van der Waals surface area contributed by atoms with Crippen molar-refractivity contribution in [2.75, 3.05) is 26.4 Å². The van der Waals surface area contributed by atoms with E-state index in [1.54, 1.807) is 0 Å². The molecule has 198 valence electrons. The van der Waals surface area contributed by atoms with E-state index in [0.29, 0.717) is 0 Å². The Balaban J connectivity index is 3.74. The van der Waals surface area contributed by atoms with Gasteiger partial charge in [-0.25, -0.2) is 19.2 Å². The van der Waals surface area contributed by atoms with Crippen LogP contribution in [0.1, 0.15) is 48.4 Å². The third-order valence-corrected chi connectivity index (χ3v) is 5.60. The number of imide groups is 6. The molecule has 0 aliphatic carbocycles. The van der Waals surface area contributed by atoms with E-state index in [1.807, 2.05) is 0 Å². The minimum atomic E-state index is -1.45. The van der Waals surface area contributed by atoms with Crippen LogP contribution >= 0.6 is 46.4 Å². The molecule has 6 amide bonds. The summed E-state index contributed by atoms with van der Waals surface area (Å²) in [4.78, 5) is 75.2. The van der Waals surface area contributed by atoms with E-state index < -0.39 is 67.4 Å². The second-order valence-corrected chi connectivity index (χ2v) is 7.59. The maximum Gasteiger partial charge on any atom is 0.426 e. The monoisotopic (exact) mass is 588 g/mol. The predicted octanol–water partition coefficient (Wildman–Crippen LogP) is 5.81. The van der Waals surface area contributed by atoms with Crippen molar-refractivity contribution in [3.8, 4) is 0 Å². The van der Waals surface area contributed by atoms with Crippen molar-refractivity contribution in [1.82, 2.24) is 9.80 Å². The molecule has 0 aliphatic heterocycles. The van der Waals surface area contributed by atoms with Gasteiger partial charge in [0, 0.05) is 0 Å². The minimum absolute atomic E-state index is 0.0439. The highest BCUT2D eigenvalue weighted by atomic mass is 35.5. The molecule has 1 rings (SSSR count). The van der Waals surface area contributed by atoms with Crippen molar-refractivity contribution in [2.45, 2.75) is 27.7 Å². The van der Waals surface area contributed by atoms with Gasteiger partial charge in [-0.15, -0.1) is 9.80 Å². The minimum Gasteiger partial charge on any atom is -0.449 e. The van der Waals surface area contributed by atoms with Crippen LogP contribution in [-0.2, 0) is 18.9 Å². The van der Waals surface area contributed by atoms with Gasteiger partial charge in [-0.1, -0.05) is 46.4 Å². The first kappa shape index (κ1) is 31.2. The normalized spacial score (nSPS) is 10.2. The molecule has 0 radical (unpaired) electrons. The number of hydrogen-bond acceptors (Lipinski definition) is 10. The molecule has 0 aromatic heterocycles. The SMILES string of the molecule is CCOC(=O)N(C(=O)OCC)C(=O)c1c(Cl)c(Cl)c(C(=O)N(C(=O)OCC)C(=O)OCC)c(Cl)c1Cl. The summed E-state index contributed by atoms with van der Waals surface area (Å²) in [5.41, 5.74) is -1.55. The van der Waals surface area contributed by atoms with E-state index in [2.05, 4.69) is 0 Å². The van der Waals surface area contributed by atoms with Gasteiger partial charge in [-0.3, -0.25) is 9.59 Å². The quantitative estimate of drug-likeness (QED) is 0.294. The lowest BCUT2D eigenvalue weighted by Crippen LogP contribution is -2.43. The van der Waals surface area contributed by atoms with Crippen molar-refractivity contribution in [2.24, 2.45) is 0 Å². The lowest BCUT2D eigenvalue weighted by molar-refractivity contribution is 0.0571. The largest absolute Gasteiger partial charge is 0.449 e. The van der Waals surface area contributed by atoms with Crippen LogP contribution in [0.3, 0.4) is 0 Å². The highest BCUT2D eigenvalue weighted by molar-refractivity contribution is 6.53. The Hall–Kier alpha value is -2.80. The molecule has 12 nitrogen and oxygen atoms in total. The first-order valence-corrected chi connectivity index (χ1v) is 11.6. The van der Waals surface area contributed by atoms with Gasteiger partial charge in [-0.2, -0.15) is 0 Å². The number of halogens is 4. The molecule has 0 N–H and O–H groups in total. The van der Waals surface area contributed by atoms with Crippen LogP contribution in [0.4, 0.5) is 19.2 Å². The van der Waals surface area contributed by atoms with E-state index in [9.17, 15) is 28.8 Å². The van der Waals surface area contributed by atoms with Crippen LogP contribution < -0.4 is 0 Å². The van der Waals surface area contributed by atoms with Gasteiger partial charge in [0.15, 0.2) is 0 Å². The summed E-state index contributed by atoms with van der Waals surface area (Å²) < 4.78 is 18.8. The molecular formula is C20H20Cl4N2O10. The average Bonchev–Trinajstić information content (AvgIpc) is 2.79. The molecule has 0 fully saturated rings. The van der Waals surface area contributed by atoms with Crippen molar-refractivity contribution in [1.29, 1.82) is 0 Å². The average molecular weight is 590 g/mol. The molecule has 0 heterocycles. The molecule has 0 saturated heterocycles. The summed E-state index contributed by atoms with van der Waals surface area (Å²) in [6, 6.07) is 0. The molecular weight excluding hydrogens is 570 g/mol. The van der Waals surface area contributed by atoms with Gasteiger partial charge >= 0.3 is 24.4 Å². The lowest BCUT2D eigenvalue weighted by Gasteiger charge is -2.22. The molecule has 36 heavy (non-hydrogen) atoms. The first-order valence-electron chi connectivity index (χ1n) is 10.1. The fourth-order valence-electron chi connectivity index (χ4n) is 2.46. The fourth-order valence-corrected chi connectivity index (χ4v) is 3.64. The summed E-state index contributed by atoms with van der Waals surface area (Å²) in [5.74, 6) is -2.89. The fraction of sp³-hybridized carbons (Fsp3) is 0.400. The van der Waals surface area contributed by atoms with Crippen LogP contribution in [0, 0.1) is 0 Å². The van der Waals surface area contributed by atoms with Crippen molar-refractivity contribution in [3.63, 3.8) is 0 Å².